The zero-order chi connectivity index (χ0) is 10.1. The first-order valence-corrected chi connectivity index (χ1v) is 5.13. The summed E-state index contributed by atoms with van der Waals surface area (Å²) in [6, 6.07) is 4.51. The van der Waals surface area contributed by atoms with Crippen molar-refractivity contribution < 1.29 is 0 Å². The first-order chi connectivity index (χ1) is 6.58. The van der Waals surface area contributed by atoms with Gasteiger partial charge in [-0.15, -0.1) is 0 Å². The lowest BCUT2D eigenvalue weighted by Crippen LogP contribution is -2.18. The fourth-order valence-corrected chi connectivity index (χ4v) is 4.25. The largest absolute Gasteiger partial charge is 0.193 e. The number of nitrogens with zero attached hydrogens (tertiary/aromatic N) is 2. The van der Waals surface area contributed by atoms with Crippen LogP contribution in [-0.2, 0) is 0 Å². The second-order valence-corrected chi connectivity index (χ2v) is 5.42. The van der Waals surface area contributed by atoms with Crippen LogP contribution in [0.2, 0.25) is 0 Å². The lowest BCUT2D eigenvalue weighted by Gasteiger charge is -2.25. The fourth-order valence-electron chi connectivity index (χ4n) is 4.25. The van der Waals surface area contributed by atoms with Gasteiger partial charge in [-0.1, -0.05) is 13.8 Å². The maximum atomic E-state index is 9.10. The second kappa shape index (κ2) is 1.89. The van der Waals surface area contributed by atoms with Gasteiger partial charge < -0.3 is 0 Å². The molecule has 0 radical (unpaired) electrons. The third kappa shape index (κ3) is 0.530. The molecule has 4 bridgehead atoms. The Morgan fingerprint density at radius 2 is 1.57 bits per heavy atom. The molecule has 2 atom stereocenters. The molecule has 14 heavy (non-hydrogen) atoms. The molecule has 4 aliphatic rings. The average molecular weight is 184 g/mol. The number of allylic oxidation sites excluding steroid dienone is 2. The Bertz CT molecular complexity index is 430. The molecule has 0 saturated heterocycles. The molecule has 70 valence electrons. The summed E-state index contributed by atoms with van der Waals surface area (Å²) in [4.78, 5) is 0. The van der Waals surface area contributed by atoms with Gasteiger partial charge >= 0.3 is 0 Å². The third-order valence-electron chi connectivity index (χ3n) is 5.06. The van der Waals surface area contributed by atoms with E-state index < -0.39 is 0 Å². The minimum Gasteiger partial charge on any atom is -0.193 e. The highest BCUT2D eigenvalue weighted by atomic mass is 14.8. The van der Waals surface area contributed by atoms with E-state index in [0.29, 0.717) is 22.7 Å². The molecule has 0 aromatic carbocycles. The molecule has 2 unspecified atom stereocenters. The van der Waals surface area contributed by atoms with Crippen molar-refractivity contribution in [3.63, 3.8) is 0 Å². The molecule has 0 heterocycles. The Morgan fingerprint density at radius 3 is 2.00 bits per heavy atom. The van der Waals surface area contributed by atoms with E-state index in [9.17, 15) is 0 Å². The van der Waals surface area contributed by atoms with Crippen molar-refractivity contribution >= 4 is 0 Å². The Morgan fingerprint density at radius 1 is 1.07 bits per heavy atom. The van der Waals surface area contributed by atoms with E-state index in [1.54, 1.807) is 0 Å². The number of rotatable bonds is 0. The van der Waals surface area contributed by atoms with Crippen LogP contribution in [0.3, 0.4) is 0 Å². The molecular formula is C12H12N2. The first-order valence-electron chi connectivity index (χ1n) is 5.13. The van der Waals surface area contributed by atoms with Crippen molar-refractivity contribution in [2.75, 3.05) is 0 Å². The highest BCUT2D eigenvalue weighted by Gasteiger charge is 2.78. The monoisotopic (exact) mass is 184 g/mol. The summed E-state index contributed by atoms with van der Waals surface area (Å²) in [6.07, 6.45) is 2.25. The zero-order valence-electron chi connectivity index (χ0n) is 8.46. The predicted octanol–water partition coefficient (Wildman–Crippen LogP) is 2.40. The van der Waals surface area contributed by atoms with Crippen molar-refractivity contribution in [2.45, 2.75) is 26.7 Å². The Balaban J connectivity index is 2.22. The summed E-state index contributed by atoms with van der Waals surface area (Å²) in [5.74, 6) is 0.772. The van der Waals surface area contributed by atoms with Crippen molar-refractivity contribution in [2.24, 2.45) is 22.7 Å². The summed E-state index contributed by atoms with van der Waals surface area (Å²) in [5, 5.41) is 18.1. The Kier molecular flexibility index (Phi) is 1.09. The van der Waals surface area contributed by atoms with Crippen LogP contribution in [0.15, 0.2) is 11.1 Å². The van der Waals surface area contributed by atoms with Gasteiger partial charge in [0.05, 0.1) is 12.1 Å². The topological polar surface area (TPSA) is 47.6 Å². The van der Waals surface area contributed by atoms with Crippen LogP contribution in [0.25, 0.3) is 0 Å². The molecule has 0 amide bonds. The summed E-state index contributed by atoms with van der Waals surface area (Å²) in [5.41, 5.74) is 2.27. The lowest BCUT2D eigenvalue weighted by molar-refractivity contribution is 0.411. The van der Waals surface area contributed by atoms with E-state index in [4.69, 9.17) is 10.5 Å². The molecule has 4 aliphatic carbocycles. The highest BCUT2D eigenvalue weighted by Crippen LogP contribution is 2.84. The standard InChI is InChI=1S/C12H12N2/c1-11-3-7-4-12(11,2)10(11)9(6-14)8(7)5-13/h7,10H,3-4H2,1-2H3. The SMILES string of the molecule is CC12CC3CC1(C)C2C(C#N)=C3C#N. The van der Waals surface area contributed by atoms with Gasteiger partial charge in [0.25, 0.3) is 0 Å². The number of hydrogen-bond acceptors (Lipinski definition) is 2. The summed E-state index contributed by atoms with van der Waals surface area (Å²) < 4.78 is 0. The minimum absolute atomic E-state index is 0.336. The molecule has 2 fully saturated rings. The van der Waals surface area contributed by atoms with Crippen LogP contribution >= 0.6 is 0 Å². The van der Waals surface area contributed by atoms with E-state index in [2.05, 4.69) is 26.0 Å². The molecule has 0 aliphatic heterocycles. The van der Waals surface area contributed by atoms with Crippen molar-refractivity contribution in [3.8, 4) is 12.1 Å². The van der Waals surface area contributed by atoms with Crippen LogP contribution in [0.1, 0.15) is 26.7 Å². The highest BCUT2D eigenvalue weighted by molar-refractivity contribution is 5.54. The number of nitriles is 2. The van der Waals surface area contributed by atoms with E-state index in [1.807, 2.05) is 0 Å². The average Bonchev–Trinajstić information content (AvgIpc) is 2.49. The lowest BCUT2D eigenvalue weighted by atomic mass is 9.76. The molecule has 0 aromatic rings. The van der Waals surface area contributed by atoms with Crippen LogP contribution < -0.4 is 0 Å². The van der Waals surface area contributed by atoms with Gasteiger partial charge in [0.2, 0.25) is 0 Å². The molecule has 0 spiro atoms. The molecule has 4 rings (SSSR count). The Labute approximate surface area is 83.8 Å². The maximum absolute atomic E-state index is 9.10. The van der Waals surface area contributed by atoms with Gasteiger partial charge in [-0.05, 0) is 29.6 Å². The van der Waals surface area contributed by atoms with Crippen molar-refractivity contribution in [1.29, 1.82) is 10.5 Å². The van der Waals surface area contributed by atoms with Gasteiger partial charge in [-0.25, -0.2) is 0 Å². The van der Waals surface area contributed by atoms with Crippen molar-refractivity contribution in [3.05, 3.63) is 11.1 Å². The van der Waals surface area contributed by atoms with E-state index in [0.717, 1.165) is 24.0 Å². The van der Waals surface area contributed by atoms with Crippen LogP contribution in [-0.4, -0.2) is 0 Å². The van der Waals surface area contributed by atoms with Crippen LogP contribution in [0, 0.1) is 45.3 Å². The predicted molar refractivity (Wildman–Crippen MR) is 50.7 cm³/mol. The van der Waals surface area contributed by atoms with E-state index >= 15 is 0 Å². The summed E-state index contributed by atoms with van der Waals surface area (Å²) >= 11 is 0. The quantitative estimate of drug-likeness (QED) is 0.580. The molecule has 2 nitrogen and oxygen atoms in total. The van der Waals surface area contributed by atoms with E-state index in [-0.39, 0.29) is 0 Å². The first kappa shape index (κ1) is 8.06. The third-order valence-corrected chi connectivity index (χ3v) is 5.06. The minimum atomic E-state index is 0.336. The van der Waals surface area contributed by atoms with Gasteiger partial charge in [0.1, 0.15) is 0 Å². The summed E-state index contributed by atoms with van der Waals surface area (Å²) in [6.45, 7) is 4.56. The van der Waals surface area contributed by atoms with Gasteiger partial charge in [0, 0.05) is 17.1 Å². The molecule has 2 saturated carbocycles. The van der Waals surface area contributed by atoms with Gasteiger partial charge in [-0.2, -0.15) is 10.5 Å². The number of hydrogen-bond donors (Lipinski definition) is 0. The van der Waals surface area contributed by atoms with Crippen molar-refractivity contribution in [1.82, 2.24) is 0 Å². The smallest absolute Gasteiger partial charge is 0.0961 e. The maximum Gasteiger partial charge on any atom is 0.0961 e. The molecular weight excluding hydrogens is 172 g/mol. The normalized spacial score (nSPS) is 52.6. The zero-order valence-corrected chi connectivity index (χ0v) is 8.46. The van der Waals surface area contributed by atoms with Crippen LogP contribution in [0.5, 0.6) is 0 Å². The van der Waals surface area contributed by atoms with Gasteiger partial charge in [-0.3, -0.25) is 0 Å². The van der Waals surface area contributed by atoms with Gasteiger partial charge in [0.15, 0.2) is 0 Å². The molecule has 2 heteroatoms. The fraction of sp³-hybridized carbons (Fsp3) is 0.667. The second-order valence-electron chi connectivity index (χ2n) is 5.42. The molecule has 0 N–H and O–H groups in total. The van der Waals surface area contributed by atoms with E-state index in [1.165, 1.54) is 0 Å². The Hall–Kier alpha value is -1.28. The molecule has 0 aromatic heterocycles. The van der Waals surface area contributed by atoms with Crippen LogP contribution in [0.4, 0.5) is 0 Å². The summed E-state index contributed by atoms with van der Waals surface area (Å²) in [7, 11) is 0.